The van der Waals surface area contributed by atoms with Gasteiger partial charge in [-0.15, -0.1) is 0 Å². The van der Waals surface area contributed by atoms with Gasteiger partial charge in [-0.3, -0.25) is 4.90 Å². The van der Waals surface area contributed by atoms with E-state index in [0.29, 0.717) is 48.2 Å². The highest BCUT2D eigenvalue weighted by atomic mass is 35.5. The monoisotopic (exact) mass is 671 g/mol. The minimum Gasteiger partial charge on any atom is -0.489 e. The zero-order chi connectivity index (χ0) is 31.9. The van der Waals surface area contributed by atoms with E-state index in [0.717, 1.165) is 65.9 Å². The molecule has 2 aromatic carbocycles. The first-order valence-electron chi connectivity index (χ1n) is 15.0. The molecule has 14 heteroatoms. The first kappa shape index (κ1) is 31.8. The summed E-state index contributed by atoms with van der Waals surface area (Å²) in [5.41, 5.74) is 3.67. The summed E-state index contributed by atoms with van der Waals surface area (Å²) in [4.78, 5) is 13.9. The number of aryl methyl sites for hydroxylation is 1. The lowest BCUT2D eigenvalue weighted by atomic mass is 9.99. The van der Waals surface area contributed by atoms with Crippen molar-refractivity contribution in [2.45, 2.75) is 31.8 Å². The van der Waals surface area contributed by atoms with Crippen molar-refractivity contribution in [2.24, 2.45) is 0 Å². The molecule has 0 spiro atoms. The van der Waals surface area contributed by atoms with Gasteiger partial charge in [0.1, 0.15) is 24.5 Å². The summed E-state index contributed by atoms with van der Waals surface area (Å²) in [5, 5.41) is 8.65. The van der Waals surface area contributed by atoms with Gasteiger partial charge in [-0.05, 0) is 56.9 Å². The number of hydrogen-bond acceptors (Lipinski definition) is 10. The van der Waals surface area contributed by atoms with Crippen LogP contribution in [0.25, 0.3) is 0 Å². The average molecular weight is 672 g/mol. The molecule has 1 atom stereocenters. The van der Waals surface area contributed by atoms with Gasteiger partial charge in [-0.1, -0.05) is 30.3 Å². The summed E-state index contributed by atoms with van der Waals surface area (Å²) in [6.07, 6.45) is 3.17. The standard InChI is InChI=1S/C31H39ClN7O4PS/c1-5-45(41,42)38-12-10-23(11-13-38)37-14-15-39-24(19-37)20-43-27-17-22(16-21(2)29(27)39)34-31-33-18-25(32)30(36-31)35-26-8-6-7-9-28(26)44(3,4)40/h5-9,16-18,23-24H,1,10-15,19-20H2,2-4H3,(H2,33,34,35,36)/t24-/m1/s1. The van der Waals surface area contributed by atoms with E-state index in [4.69, 9.17) is 16.3 Å². The van der Waals surface area contributed by atoms with Crippen molar-refractivity contribution in [3.8, 4) is 5.75 Å². The fourth-order valence-electron chi connectivity index (χ4n) is 6.52. The van der Waals surface area contributed by atoms with E-state index in [2.05, 4.69) is 50.0 Å². The first-order chi connectivity index (χ1) is 21.4. The van der Waals surface area contributed by atoms with Crippen LogP contribution in [0.5, 0.6) is 5.75 Å². The molecule has 1 aromatic heterocycles. The van der Waals surface area contributed by atoms with Crippen molar-refractivity contribution in [2.75, 3.05) is 68.2 Å². The summed E-state index contributed by atoms with van der Waals surface area (Å²) >= 11 is 6.45. The normalized spacial score (nSPS) is 19.7. The van der Waals surface area contributed by atoms with Gasteiger partial charge in [0.05, 0.1) is 23.6 Å². The Balaban J connectivity index is 1.14. The number of ether oxygens (including phenoxy) is 1. The molecule has 240 valence electrons. The zero-order valence-electron chi connectivity index (χ0n) is 25.7. The molecule has 0 radical (unpaired) electrons. The van der Waals surface area contributed by atoms with Gasteiger partial charge in [0, 0.05) is 61.2 Å². The van der Waals surface area contributed by atoms with Crippen LogP contribution < -0.4 is 25.6 Å². The Morgan fingerprint density at radius 2 is 1.84 bits per heavy atom. The Morgan fingerprint density at radius 3 is 2.58 bits per heavy atom. The molecule has 0 saturated carbocycles. The zero-order valence-corrected chi connectivity index (χ0v) is 28.2. The SMILES string of the molecule is C=CS(=O)(=O)N1CCC(N2CCN3c4c(C)cc(Nc5ncc(Cl)c(Nc6ccccc6P(C)(C)=O)n5)cc4OC[C@H]3C2)CC1. The van der Waals surface area contributed by atoms with Crippen LogP contribution >= 0.6 is 18.7 Å². The van der Waals surface area contributed by atoms with E-state index in [9.17, 15) is 13.0 Å². The van der Waals surface area contributed by atoms with Crippen molar-refractivity contribution in [3.05, 3.63) is 65.2 Å². The van der Waals surface area contributed by atoms with E-state index in [-0.39, 0.29) is 6.04 Å². The van der Waals surface area contributed by atoms with Crippen molar-refractivity contribution in [1.29, 1.82) is 0 Å². The van der Waals surface area contributed by atoms with Crippen LogP contribution in [0.4, 0.5) is 28.8 Å². The number of benzene rings is 2. The lowest BCUT2D eigenvalue weighted by Gasteiger charge is -2.49. The second-order valence-corrected chi connectivity index (χ2v) is 17.6. The number of halogens is 1. The summed E-state index contributed by atoms with van der Waals surface area (Å²) in [6, 6.07) is 12.1. The number of fused-ring (bicyclic) bond motifs is 3. The van der Waals surface area contributed by atoms with Crippen molar-refractivity contribution in [1.82, 2.24) is 19.2 Å². The summed E-state index contributed by atoms with van der Waals surface area (Å²) in [5.74, 6) is 1.59. The van der Waals surface area contributed by atoms with E-state index >= 15 is 0 Å². The average Bonchev–Trinajstić information content (AvgIpc) is 3.02. The van der Waals surface area contributed by atoms with E-state index in [1.165, 1.54) is 10.5 Å². The van der Waals surface area contributed by atoms with Gasteiger partial charge >= 0.3 is 0 Å². The molecule has 2 N–H and O–H groups in total. The van der Waals surface area contributed by atoms with Gasteiger partial charge in [0.15, 0.2) is 5.82 Å². The number of aromatic nitrogens is 2. The minimum atomic E-state index is -3.36. The lowest BCUT2D eigenvalue weighted by Crippen LogP contribution is -2.60. The van der Waals surface area contributed by atoms with E-state index < -0.39 is 17.2 Å². The van der Waals surface area contributed by atoms with Crippen LogP contribution in [0, 0.1) is 6.92 Å². The quantitative estimate of drug-likeness (QED) is 0.317. The van der Waals surface area contributed by atoms with Crippen molar-refractivity contribution < 1.29 is 17.7 Å². The molecule has 0 amide bonds. The fourth-order valence-corrected chi connectivity index (χ4v) is 8.74. The van der Waals surface area contributed by atoms with Gasteiger partial charge in [-0.2, -0.15) is 9.29 Å². The number of piperazine rings is 1. The van der Waals surface area contributed by atoms with Crippen LogP contribution in [0.1, 0.15) is 18.4 Å². The second kappa shape index (κ2) is 12.6. The van der Waals surface area contributed by atoms with Crippen LogP contribution in [0.3, 0.4) is 0 Å². The van der Waals surface area contributed by atoms with Crippen LogP contribution in [-0.4, -0.2) is 92.3 Å². The minimum absolute atomic E-state index is 0.219. The topological polar surface area (TPSA) is 120 Å². The van der Waals surface area contributed by atoms with Crippen molar-refractivity contribution >= 4 is 62.9 Å². The molecule has 3 aliphatic rings. The lowest BCUT2D eigenvalue weighted by molar-refractivity contribution is 0.0976. The Bertz CT molecular complexity index is 1760. The van der Waals surface area contributed by atoms with Crippen LogP contribution in [0.2, 0.25) is 5.02 Å². The predicted octanol–water partition coefficient (Wildman–Crippen LogP) is 4.99. The number of nitrogens with one attached hydrogen (secondary N) is 2. The molecule has 0 aliphatic carbocycles. The maximum Gasteiger partial charge on any atom is 0.235 e. The van der Waals surface area contributed by atoms with E-state index in [1.54, 1.807) is 13.3 Å². The molecule has 0 unspecified atom stereocenters. The molecule has 0 bridgehead atoms. The Kier molecular flexibility index (Phi) is 8.88. The third-order valence-electron chi connectivity index (χ3n) is 8.75. The molecule has 6 rings (SSSR count). The van der Waals surface area contributed by atoms with Gasteiger partial charge in [-0.25, -0.2) is 13.4 Å². The molecule has 2 fully saturated rings. The van der Waals surface area contributed by atoms with Gasteiger partial charge < -0.3 is 24.8 Å². The number of nitrogens with zero attached hydrogens (tertiary/aromatic N) is 5. The first-order valence-corrected chi connectivity index (χ1v) is 19.5. The smallest absolute Gasteiger partial charge is 0.235 e. The van der Waals surface area contributed by atoms with Crippen molar-refractivity contribution in [3.63, 3.8) is 0 Å². The molecule has 3 aliphatic heterocycles. The largest absolute Gasteiger partial charge is 0.489 e. The molecule has 11 nitrogen and oxygen atoms in total. The number of hydrogen-bond donors (Lipinski definition) is 2. The number of para-hydroxylation sites is 1. The second-order valence-electron chi connectivity index (χ2n) is 12.1. The highest BCUT2D eigenvalue weighted by Crippen LogP contribution is 2.42. The van der Waals surface area contributed by atoms with E-state index in [1.807, 2.05) is 30.3 Å². The highest BCUT2D eigenvalue weighted by molar-refractivity contribution is 7.92. The van der Waals surface area contributed by atoms with Gasteiger partial charge in [0.2, 0.25) is 16.0 Å². The fraction of sp³-hybridized carbons (Fsp3) is 0.419. The molecule has 2 saturated heterocycles. The highest BCUT2D eigenvalue weighted by Gasteiger charge is 2.38. The predicted molar refractivity (Wildman–Crippen MR) is 182 cm³/mol. The number of anilines is 5. The summed E-state index contributed by atoms with van der Waals surface area (Å²) < 4.78 is 45.1. The molecular weight excluding hydrogens is 633 g/mol. The molecule has 45 heavy (non-hydrogen) atoms. The summed E-state index contributed by atoms with van der Waals surface area (Å²) in [6.45, 7) is 13.3. The Labute approximate surface area is 270 Å². The molecular formula is C31H39ClN7O4PS. The summed E-state index contributed by atoms with van der Waals surface area (Å²) in [7, 11) is -5.89. The Hall–Kier alpha value is -3.15. The maximum absolute atomic E-state index is 12.8. The molecule has 4 heterocycles. The maximum atomic E-state index is 12.8. The number of piperidine rings is 1. The van der Waals surface area contributed by atoms with Crippen LogP contribution in [-0.2, 0) is 14.6 Å². The molecule has 3 aromatic rings. The number of sulfonamides is 1. The van der Waals surface area contributed by atoms with Crippen LogP contribution in [0.15, 0.2) is 54.6 Å². The third-order valence-corrected chi connectivity index (χ3v) is 12.1. The number of rotatable bonds is 8. The Morgan fingerprint density at radius 1 is 1.09 bits per heavy atom. The van der Waals surface area contributed by atoms with Gasteiger partial charge in [0.25, 0.3) is 0 Å². The third kappa shape index (κ3) is 6.71.